The second kappa shape index (κ2) is 4.50. The topological polar surface area (TPSA) is 38.4 Å². The van der Waals surface area contributed by atoms with E-state index in [1.165, 1.54) is 0 Å². The van der Waals surface area contributed by atoms with Gasteiger partial charge < -0.3 is 5.73 Å². The number of nitrogens with two attached hydrogens (primary N) is 1. The summed E-state index contributed by atoms with van der Waals surface area (Å²) >= 11 is 0. The normalized spacial score (nSPS) is 12.8. The molecule has 0 saturated carbocycles. The van der Waals surface area contributed by atoms with Crippen molar-refractivity contribution in [3.63, 3.8) is 0 Å². The molecule has 0 aliphatic heterocycles. The average Bonchev–Trinajstić information content (AvgIpc) is 1.82. The summed E-state index contributed by atoms with van der Waals surface area (Å²) in [7, 11) is 0. The minimum Gasteiger partial charge on any atom is -0.325 e. The third kappa shape index (κ3) is 3.25. The van der Waals surface area contributed by atoms with Gasteiger partial charge in [-0.1, -0.05) is 13.8 Å². The molecule has 0 aliphatic rings. The minimum absolute atomic E-state index is 0.509. The lowest BCUT2D eigenvalue weighted by Crippen LogP contribution is -2.19. The number of nitrogens with zero attached hydrogens (tertiary/aromatic N) is 1. The van der Waals surface area contributed by atoms with Crippen LogP contribution in [0.2, 0.25) is 0 Å². The van der Waals surface area contributed by atoms with E-state index in [0.717, 1.165) is 12.3 Å². The summed E-state index contributed by atoms with van der Waals surface area (Å²) in [5.74, 6) is 0.509. The Kier molecular flexibility index (Phi) is 4.32. The molecule has 0 aromatic carbocycles. The lowest BCUT2D eigenvalue weighted by Gasteiger charge is -2.05. The summed E-state index contributed by atoms with van der Waals surface area (Å²) in [5, 5.41) is 0. The van der Waals surface area contributed by atoms with E-state index < -0.39 is 0 Å². The minimum atomic E-state index is 0.509. The van der Waals surface area contributed by atoms with Crippen LogP contribution in [-0.4, -0.2) is 18.8 Å². The van der Waals surface area contributed by atoms with Gasteiger partial charge >= 0.3 is 0 Å². The van der Waals surface area contributed by atoms with Crippen molar-refractivity contribution in [2.24, 2.45) is 16.6 Å². The van der Waals surface area contributed by atoms with E-state index in [1.807, 2.05) is 6.92 Å². The van der Waals surface area contributed by atoms with Crippen molar-refractivity contribution in [2.75, 3.05) is 13.1 Å². The van der Waals surface area contributed by atoms with E-state index in [9.17, 15) is 0 Å². The zero-order chi connectivity index (χ0) is 7.28. The van der Waals surface area contributed by atoms with Gasteiger partial charge in [0.1, 0.15) is 0 Å². The SMILES string of the molecule is CCN=C(CN)C(C)C. The molecule has 0 unspecified atom stereocenters. The summed E-state index contributed by atoms with van der Waals surface area (Å²) in [6.07, 6.45) is 0. The van der Waals surface area contributed by atoms with Gasteiger partial charge in [-0.05, 0) is 12.8 Å². The first kappa shape index (κ1) is 8.63. The first-order chi connectivity index (χ1) is 4.22. The standard InChI is InChI=1S/C7H16N2/c1-4-9-7(5-8)6(2)3/h6H,4-5,8H2,1-3H3. The van der Waals surface area contributed by atoms with Crippen molar-refractivity contribution in [1.82, 2.24) is 0 Å². The predicted octanol–water partition coefficient (Wildman–Crippen LogP) is 1.06. The van der Waals surface area contributed by atoms with Crippen LogP contribution in [0.5, 0.6) is 0 Å². The van der Waals surface area contributed by atoms with Gasteiger partial charge in [-0.2, -0.15) is 0 Å². The van der Waals surface area contributed by atoms with E-state index in [-0.39, 0.29) is 0 Å². The number of hydrogen-bond donors (Lipinski definition) is 1. The van der Waals surface area contributed by atoms with Crippen LogP contribution in [0.3, 0.4) is 0 Å². The highest BCUT2D eigenvalue weighted by atomic mass is 14.8. The van der Waals surface area contributed by atoms with Crippen LogP contribution in [0.15, 0.2) is 4.99 Å². The van der Waals surface area contributed by atoms with Gasteiger partial charge in [-0.25, -0.2) is 0 Å². The lowest BCUT2D eigenvalue weighted by atomic mass is 10.1. The smallest absolute Gasteiger partial charge is 0.0361 e. The second-order valence-corrected chi connectivity index (χ2v) is 2.32. The summed E-state index contributed by atoms with van der Waals surface area (Å²) < 4.78 is 0. The van der Waals surface area contributed by atoms with E-state index in [1.54, 1.807) is 0 Å². The molecule has 2 heteroatoms. The molecule has 0 heterocycles. The molecule has 2 nitrogen and oxygen atoms in total. The van der Waals surface area contributed by atoms with Crippen LogP contribution in [0, 0.1) is 5.92 Å². The fourth-order valence-electron chi connectivity index (χ4n) is 0.686. The summed E-state index contributed by atoms with van der Waals surface area (Å²) in [4.78, 5) is 4.23. The molecule has 0 saturated heterocycles. The highest BCUT2D eigenvalue weighted by Gasteiger charge is 1.99. The third-order valence-electron chi connectivity index (χ3n) is 1.24. The van der Waals surface area contributed by atoms with E-state index in [2.05, 4.69) is 18.8 Å². The van der Waals surface area contributed by atoms with Crippen LogP contribution in [-0.2, 0) is 0 Å². The Bertz CT molecular complexity index is 95.1. The van der Waals surface area contributed by atoms with Gasteiger partial charge in [0, 0.05) is 18.8 Å². The molecule has 0 aromatic rings. The molecule has 9 heavy (non-hydrogen) atoms. The van der Waals surface area contributed by atoms with E-state index in [0.29, 0.717) is 12.5 Å². The van der Waals surface area contributed by atoms with Gasteiger partial charge in [0.15, 0.2) is 0 Å². The fourth-order valence-corrected chi connectivity index (χ4v) is 0.686. The van der Waals surface area contributed by atoms with Crippen molar-refractivity contribution >= 4 is 5.71 Å². The van der Waals surface area contributed by atoms with Gasteiger partial charge in [-0.3, -0.25) is 4.99 Å². The summed E-state index contributed by atoms with van der Waals surface area (Å²) in [6, 6.07) is 0. The molecular weight excluding hydrogens is 112 g/mol. The maximum atomic E-state index is 5.43. The number of rotatable bonds is 3. The average molecular weight is 128 g/mol. The Labute approximate surface area is 57.2 Å². The summed E-state index contributed by atoms with van der Waals surface area (Å²) in [6.45, 7) is 7.71. The van der Waals surface area contributed by atoms with Gasteiger partial charge in [-0.15, -0.1) is 0 Å². The van der Waals surface area contributed by atoms with Gasteiger partial charge in [0.05, 0.1) is 0 Å². The van der Waals surface area contributed by atoms with Crippen LogP contribution >= 0.6 is 0 Å². The van der Waals surface area contributed by atoms with Crippen molar-refractivity contribution in [3.05, 3.63) is 0 Å². The maximum Gasteiger partial charge on any atom is 0.0361 e. The Hall–Kier alpha value is -0.370. The molecule has 54 valence electrons. The third-order valence-corrected chi connectivity index (χ3v) is 1.24. The quantitative estimate of drug-likeness (QED) is 0.567. The molecule has 0 bridgehead atoms. The number of hydrogen-bond acceptors (Lipinski definition) is 2. The van der Waals surface area contributed by atoms with Crippen LogP contribution in [0.1, 0.15) is 20.8 Å². The van der Waals surface area contributed by atoms with Crippen molar-refractivity contribution in [2.45, 2.75) is 20.8 Å². The zero-order valence-corrected chi connectivity index (χ0v) is 6.52. The van der Waals surface area contributed by atoms with E-state index in [4.69, 9.17) is 5.73 Å². The molecule has 2 N–H and O–H groups in total. The van der Waals surface area contributed by atoms with Crippen LogP contribution < -0.4 is 5.73 Å². The summed E-state index contributed by atoms with van der Waals surface area (Å²) in [5.41, 5.74) is 6.55. The fraction of sp³-hybridized carbons (Fsp3) is 0.857. The Balaban J connectivity index is 3.81. The Morgan fingerprint density at radius 1 is 1.56 bits per heavy atom. The highest BCUT2D eigenvalue weighted by molar-refractivity contribution is 5.87. The lowest BCUT2D eigenvalue weighted by molar-refractivity contribution is 0.852. The molecule has 0 spiro atoms. The van der Waals surface area contributed by atoms with Crippen molar-refractivity contribution in [3.8, 4) is 0 Å². The zero-order valence-electron chi connectivity index (χ0n) is 6.52. The number of aliphatic imine (C=N–C) groups is 1. The Morgan fingerprint density at radius 3 is 2.22 bits per heavy atom. The van der Waals surface area contributed by atoms with Crippen LogP contribution in [0.25, 0.3) is 0 Å². The molecule has 0 fully saturated rings. The Morgan fingerprint density at radius 2 is 2.11 bits per heavy atom. The second-order valence-electron chi connectivity index (χ2n) is 2.32. The molecule has 0 rings (SSSR count). The first-order valence-electron chi connectivity index (χ1n) is 3.45. The molecular formula is C7H16N2. The van der Waals surface area contributed by atoms with Gasteiger partial charge in [0.25, 0.3) is 0 Å². The molecule has 0 radical (unpaired) electrons. The van der Waals surface area contributed by atoms with Crippen LogP contribution in [0.4, 0.5) is 0 Å². The largest absolute Gasteiger partial charge is 0.325 e. The van der Waals surface area contributed by atoms with Crippen molar-refractivity contribution in [1.29, 1.82) is 0 Å². The monoisotopic (exact) mass is 128 g/mol. The highest BCUT2D eigenvalue weighted by Crippen LogP contribution is 1.94. The molecule has 0 aromatic heterocycles. The first-order valence-corrected chi connectivity index (χ1v) is 3.45. The van der Waals surface area contributed by atoms with Crippen molar-refractivity contribution < 1.29 is 0 Å². The molecule has 0 amide bonds. The maximum absolute atomic E-state index is 5.43. The predicted molar refractivity (Wildman–Crippen MR) is 41.9 cm³/mol. The molecule has 0 atom stereocenters. The van der Waals surface area contributed by atoms with Gasteiger partial charge in [0.2, 0.25) is 0 Å². The molecule has 0 aliphatic carbocycles. The van der Waals surface area contributed by atoms with E-state index >= 15 is 0 Å².